The summed E-state index contributed by atoms with van der Waals surface area (Å²) >= 11 is 1.14. The molecule has 7 heteroatoms. The van der Waals surface area contributed by atoms with Crippen LogP contribution in [-0.4, -0.2) is 12.1 Å². The minimum atomic E-state index is -5.63. The summed E-state index contributed by atoms with van der Waals surface area (Å²) in [5.74, 6) is -4.91. The Morgan fingerprint density at radius 1 is 1.19 bits per heavy atom. The van der Waals surface area contributed by atoms with Crippen LogP contribution in [-0.2, 0) is 0 Å². The molecule has 0 fully saturated rings. The average molecular weight is 259 g/mol. The molecule has 92 valence electrons. The second-order valence-corrected chi connectivity index (χ2v) is 4.93. The molecule has 0 aliphatic rings. The molecule has 0 spiro atoms. The van der Waals surface area contributed by atoms with Gasteiger partial charge in [-0.15, -0.1) is 11.3 Å². The Labute approximate surface area is 93.1 Å². The van der Waals surface area contributed by atoms with E-state index in [0.29, 0.717) is 9.75 Å². The summed E-state index contributed by atoms with van der Waals surface area (Å²) in [5.41, 5.74) is 4.86. The van der Waals surface area contributed by atoms with Crippen LogP contribution in [0.15, 0.2) is 6.07 Å². The number of nitrogens with two attached hydrogens (primary N) is 1. The Morgan fingerprint density at radius 3 is 2.00 bits per heavy atom. The summed E-state index contributed by atoms with van der Waals surface area (Å²) in [6.45, 7) is 3.10. The van der Waals surface area contributed by atoms with Crippen LogP contribution in [0.25, 0.3) is 0 Å². The molecule has 0 aliphatic heterocycles. The normalized spacial score (nSPS) is 15.2. The highest BCUT2D eigenvalue weighted by molar-refractivity contribution is 7.12. The van der Waals surface area contributed by atoms with Gasteiger partial charge in [0.15, 0.2) is 0 Å². The van der Waals surface area contributed by atoms with Gasteiger partial charge in [0.2, 0.25) is 0 Å². The van der Waals surface area contributed by atoms with Crippen molar-refractivity contribution in [2.75, 3.05) is 0 Å². The van der Waals surface area contributed by atoms with E-state index in [-0.39, 0.29) is 5.56 Å². The number of aryl methyl sites for hydroxylation is 2. The van der Waals surface area contributed by atoms with Gasteiger partial charge in [-0.25, -0.2) is 0 Å². The van der Waals surface area contributed by atoms with Crippen molar-refractivity contribution in [2.45, 2.75) is 32.0 Å². The molecule has 0 radical (unpaired) electrons. The third-order valence-electron chi connectivity index (χ3n) is 2.18. The maximum atomic E-state index is 13.0. The summed E-state index contributed by atoms with van der Waals surface area (Å²) in [6.07, 6.45) is -5.63. The van der Waals surface area contributed by atoms with E-state index in [1.165, 1.54) is 13.0 Å². The average Bonchev–Trinajstić information content (AvgIpc) is 2.41. The lowest BCUT2D eigenvalue weighted by Crippen LogP contribution is -2.45. The minimum absolute atomic E-state index is 0.148. The molecular formula is C9H10F5NS. The topological polar surface area (TPSA) is 26.0 Å². The molecular weight excluding hydrogens is 249 g/mol. The second kappa shape index (κ2) is 3.96. The van der Waals surface area contributed by atoms with Gasteiger partial charge in [0.25, 0.3) is 0 Å². The van der Waals surface area contributed by atoms with Crippen LogP contribution in [0.1, 0.15) is 21.4 Å². The van der Waals surface area contributed by atoms with Crippen molar-refractivity contribution in [3.05, 3.63) is 21.4 Å². The molecule has 0 bridgehead atoms. The predicted octanol–water partition coefficient (Wildman–Crippen LogP) is 3.56. The molecule has 0 aromatic carbocycles. The molecule has 0 saturated heterocycles. The van der Waals surface area contributed by atoms with Gasteiger partial charge >= 0.3 is 12.1 Å². The molecule has 1 aromatic heterocycles. The van der Waals surface area contributed by atoms with Crippen LogP contribution in [0.3, 0.4) is 0 Å². The first kappa shape index (κ1) is 13.4. The first-order chi connectivity index (χ1) is 7.07. The summed E-state index contributed by atoms with van der Waals surface area (Å²) in [5, 5.41) is 0. The smallest absolute Gasteiger partial charge is 0.319 e. The molecule has 1 unspecified atom stereocenters. The molecule has 1 heterocycles. The van der Waals surface area contributed by atoms with Gasteiger partial charge in [-0.3, -0.25) is 0 Å². The largest absolute Gasteiger partial charge is 0.455 e. The fraction of sp³-hybridized carbons (Fsp3) is 0.556. The Morgan fingerprint density at radius 2 is 1.69 bits per heavy atom. The molecule has 2 N–H and O–H groups in total. The van der Waals surface area contributed by atoms with E-state index in [4.69, 9.17) is 5.73 Å². The molecule has 0 saturated carbocycles. The van der Waals surface area contributed by atoms with E-state index in [1.54, 1.807) is 6.92 Å². The number of hydrogen-bond donors (Lipinski definition) is 1. The number of thiophene rings is 1. The lowest BCUT2D eigenvalue weighted by Gasteiger charge is -2.25. The van der Waals surface area contributed by atoms with Crippen molar-refractivity contribution in [3.8, 4) is 0 Å². The molecule has 1 nitrogen and oxygen atoms in total. The van der Waals surface area contributed by atoms with Crippen molar-refractivity contribution in [3.63, 3.8) is 0 Å². The summed E-state index contributed by atoms with van der Waals surface area (Å²) in [7, 11) is 0. The molecule has 16 heavy (non-hydrogen) atoms. The zero-order valence-corrected chi connectivity index (χ0v) is 9.35. The van der Waals surface area contributed by atoms with Crippen molar-refractivity contribution in [1.29, 1.82) is 0 Å². The molecule has 1 rings (SSSR count). The standard InChI is InChI=1S/C9H10F5NS/c1-4-3-6(5(2)16-4)7(15)8(10,11)9(12,13)14/h3,7H,15H2,1-2H3. The molecule has 1 atom stereocenters. The Hall–Kier alpha value is -0.690. The van der Waals surface area contributed by atoms with Crippen LogP contribution in [0.2, 0.25) is 0 Å². The van der Waals surface area contributed by atoms with Crippen molar-refractivity contribution in [2.24, 2.45) is 5.73 Å². The monoisotopic (exact) mass is 259 g/mol. The van der Waals surface area contributed by atoms with Crippen molar-refractivity contribution in [1.82, 2.24) is 0 Å². The van der Waals surface area contributed by atoms with Crippen LogP contribution in [0.4, 0.5) is 22.0 Å². The van der Waals surface area contributed by atoms with Gasteiger partial charge in [-0.1, -0.05) is 0 Å². The minimum Gasteiger partial charge on any atom is -0.319 e. The first-order valence-corrected chi connectivity index (χ1v) is 5.16. The maximum absolute atomic E-state index is 13.0. The number of halogens is 5. The SMILES string of the molecule is Cc1cc(C(N)C(F)(F)C(F)(F)F)c(C)s1. The highest BCUT2D eigenvalue weighted by Crippen LogP contribution is 2.44. The van der Waals surface area contributed by atoms with Crippen LogP contribution in [0.5, 0.6) is 0 Å². The highest BCUT2D eigenvalue weighted by Gasteiger charge is 2.62. The number of rotatable bonds is 2. The third-order valence-corrected chi connectivity index (χ3v) is 3.16. The third kappa shape index (κ3) is 2.20. The van der Waals surface area contributed by atoms with Crippen LogP contribution < -0.4 is 5.73 Å². The quantitative estimate of drug-likeness (QED) is 0.807. The van der Waals surface area contributed by atoms with E-state index in [1.807, 2.05) is 0 Å². The van der Waals surface area contributed by atoms with Crippen molar-refractivity contribution >= 4 is 11.3 Å². The lowest BCUT2D eigenvalue weighted by atomic mass is 10.0. The van der Waals surface area contributed by atoms with Gasteiger partial charge in [-0.05, 0) is 25.5 Å². The van der Waals surface area contributed by atoms with E-state index < -0.39 is 18.1 Å². The van der Waals surface area contributed by atoms with E-state index in [0.717, 1.165) is 11.3 Å². The highest BCUT2D eigenvalue weighted by atomic mass is 32.1. The summed E-state index contributed by atoms with van der Waals surface area (Å²) in [6, 6.07) is -1.08. The van der Waals surface area contributed by atoms with Gasteiger partial charge in [0.1, 0.15) is 6.04 Å². The number of alkyl halides is 5. The molecule has 0 aliphatic carbocycles. The van der Waals surface area contributed by atoms with Gasteiger partial charge in [0, 0.05) is 9.75 Å². The zero-order valence-electron chi connectivity index (χ0n) is 8.53. The van der Waals surface area contributed by atoms with Gasteiger partial charge in [0.05, 0.1) is 0 Å². The van der Waals surface area contributed by atoms with E-state index in [9.17, 15) is 22.0 Å². The zero-order chi connectivity index (χ0) is 12.7. The fourth-order valence-corrected chi connectivity index (χ4v) is 2.30. The van der Waals surface area contributed by atoms with Crippen molar-refractivity contribution < 1.29 is 22.0 Å². The summed E-state index contributed by atoms with van der Waals surface area (Å²) in [4.78, 5) is 1.04. The molecule has 1 aromatic rings. The fourth-order valence-electron chi connectivity index (χ4n) is 1.33. The second-order valence-electron chi connectivity index (χ2n) is 3.47. The van der Waals surface area contributed by atoms with E-state index >= 15 is 0 Å². The van der Waals surface area contributed by atoms with Gasteiger partial charge in [-0.2, -0.15) is 22.0 Å². The summed E-state index contributed by atoms with van der Waals surface area (Å²) < 4.78 is 62.2. The maximum Gasteiger partial charge on any atom is 0.455 e. The Bertz CT molecular complexity index is 382. The van der Waals surface area contributed by atoms with Gasteiger partial charge < -0.3 is 5.73 Å². The van der Waals surface area contributed by atoms with Crippen LogP contribution >= 0.6 is 11.3 Å². The van der Waals surface area contributed by atoms with Crippen LogP contribution in [0, 0.1) is 13.8 Å². The molecule has 0 amide bonds. The number of hydrogen-bond acceptors (Lipinski definition) is 2. The van der Waals surface area contributed by atoms with E-state index in [2.05, 4.69) is 0 Å². The first-order valence-electron chi connectivity index (χ1n) is 4.34. The lowest BCUT2D eigenvalue weighted by molar-refractivity contribution is -0.291. The predicted molar refractivity (Wildman–Crippen MR) is 51.7 cm³/mol. The Kier molecular flexibility index (Phi) is 3.31. The Balaban J connectivity index is 3.11.